The van der Waals surface area contributed by atoms with Crippen molar-refractivity contribution >= 4 is 5.69 Å². The average molecular weight is 193 g/mol. The van der Waals surface area contributed by atoms with Crippen molar-refractivity contribution in [2.75, 3.05) is 25.0 Å². The van der Waals surface area contributed by atoms with Crippen LogP contribution in [0.2, 0.25) is 0 Å². The van der Waals surface area contributed by atoms with Crippen LogP contribution in [0, 0.1) is 0 Å². The van der Waals surface area contributed by atoms with Crippen LogP contribution in [0.3, 0.4) is 0 Å². The van der Waals surface area contributed by atoms with Gasteiger partial charge in [-0.2, -0.15) is 0 Å². The Balaban J connectivity index is 1.91. The molecule has 1 aliphatic heterocycles. The number of hydrogen-bond acceptors (Lipinski definition) is 4. The molecule has 2 rings (SSSR count). The Morgan fingerprint density at radius 2 is 2.43 bits per heavy atom. The lowest BCUT2D eigenvalue weighted by molar-refractivity contribution is 0.327. The summed E-state index contributed by atoms with van der Waals surface area (Å²) in [6.07, 6.45) is 1.81. The molecular formula is C10H15N3O. The lowest BCUT2D eigenvalue weighted by Gasteiger charge is -2.28. The predicted octanol–water partition coefficient (Wildman–Crippen LogP) is 0.864. The zero-order valence-electron chi connectivity index (χ0n) is 8.29. The van der Waals surface area contributed by atoms with Crippen molar-refractivity contribution in [2.45, 2.75) is 13.0 Å². The molecule has 76 valence electrons. The molecule has 1 aromatic heterocycles. The molecule has 2 heterocycles. The molecule has 0 radical (unpaired) electrons. The predicted molar refractivity (Wildman–Crippen MR) is 55.7 cm³/mol. The molecule has 0 amide bonds. The van der Waals surface area contributed by atoms with Crippen molar-refractivity contribution in [3.05, 3.63) is 18.3 Å². The van der Waals surface area contributed by atoms with Gasteiger partial charge in [0.1, 0.15) is 0 Å². The van der Waals surface area contributed by atoms with Crippen LogP contribution in [0.1, 0.15) is 6.92 Å². The number of pyridine rings is 1. The van der Waals surface area contributed by atoms with E-state index in [0.29, 0.717) is 18.5 Å². The van der Waals surface area contributed by atoms with E-state index in [0.717, 1.165) is 18.8 Å². The van der Waals surface area contributed by atoms with Gasteiger partial charge in [-0.25, -0.2) is 4.98 Å². The standard InChI is InChI=1S/C10H15N3O/c1-2-14-10-4-3-8(7-12-10)13-9-5-11-6-9/h3-4,7,9,11,13H,2,5-6H2,1H3. The fourth-order valence-electron chi connectivity index (χ4n) is 1.33. The number of nitrogens with zero attached hydrogens (tertiary/aromatic N) is 1. The highest BCUT2D eigenvalue weighted by molar-refractivity contribution is 5.43. The van der Waals surface area contributed by atoms with Crippen molar-refractivity contribution in [1.82, 2.24) is 10.3 Å². The zero-order chi connectivity index (χ0) is 9.80. The Bertz CT molecular complexity index is 282. The van der Waals surface area contributed by atoms with Crippen molar-refractivity contribution in [3.63, 3.8) is 0 Å². The maximum atomic E-state index is 5.25. The molecule has 0 saturated carbocycles. The summed E-state index contributed by atoms with van der Waals surface area (Å²) in [7, 11) is 0. The summed E-state index contributed by atoms with van der Waals surface area (Å²) in [6, 6.07) is 4.43. The van der Waals surface area contributed by atoms with Gasteiger partial charge < -0.3 is 15.4 Å². The Morgan fingerprint density at radius 1 is 1.57 bits per heavy atom. The third-order valence-corrected chi connectivity index (χ3v) is 2.18. The van der Waals surface area contributed by atoms with Gasteiger partial charge in [-0.3, -0.25) is 0 Å². The third-order valence-electron chi connectivity index (χ3n) is 2.18. The monoisotopic (exact) mass is 193 g/mol. The second kappa shape index (κ2) is 4.28. The lowest BCUT2D eigenvalue weighted by atomic mass is 10.2. The molecule has 2 N–H and O–H groups in total. The van der Waals surface area contributed by atoms with Crippen LogP contribution in [0.25, 0.3) is 0 Å². The van der Waals surface area contributed by atoms with Gasteiger partial charge in [0.05, 0.1) is 24.5 Å². The molecule has 1 saturated heterocycles. The number of hydrogen-bond donors (Lipinski definition) is 2. The van der Waals surface area contributed by atoms with E-state index >= 15 is 0 Å². The van der Waals surface area contributed by atoms with Gasteiger partial charge in [-0.1, -0.05) is 0 Å². The second-order valence-corrected chi connectivity index (χ2v) is 3.32. The first-order valence-corrected chi connectivity index (χ1v) is 4.94. The van der Waals surface area contributed by atoms with Crippen LogP contribution in [-0.4, -0.2) is 30.7 Å². The highest BCUT2D eigenvalue weighted by atomic mass is 16.5. The van der Waals surface area contributed by atoms with Crippen LogP contribution in [-0.2, 0) is 0 Å². The van der Waals surface area contributed by atoms with E-state index in [1.807, 2.05) is 25.3 Å². The van der Waals surface area contributed by atoms with Crippen LogP contribution < -0.4 is 15.4 Å². The molecule has 1 aromatic rings. The molecular weight excluding hydrogens is 178 g/mol. The van der Waals surface area contributed by atoms with E-state index < -0.39 is 0 Å². The first kappa shape index (κ1) is 9.27. The largest absolute Gasteiger partial charge is 0.478 e. The molecule has 4 nitrogen and oxygen atoms in total. The van der Waals surface area contributed by atoms with E-state index in [4.69, 9.17) is 4.74 Å². The van der Waals surface area contributed by atoms with Crippen molar-refractivity contribution in [3.8, 4) is 5.88 Å². The molecule has 4 heteroatoms. The number of aromatic nitrogens is 1. The van der Waals surface area contributed by atoms with Gasteiger partial charge in [0.25, 0.3) is 0 Å². The number of anilines is 1. The summed E-state index contributed by atoms with van der Waals surface area (Å²) < 4.78 is 5.25. The Kier molecular flexibility index (Phi) is 2.84. The summed E-state index contributed by atoms with van der Waals surface area (Å²) in [6.45, 7) is 4.68. The number of ether oxygens (including phenoxy) is 1. The summed E-state index contributed by atoms with van der Waals surface area (Å²) in [5.74, 6) is 0.685. The van der Waals surface area contributed by atoms with Gasteiger partial charge in [0.2, 0.25) is 5.88 Å². The summed E-state index contributed by atoms with van der Waals surface area (Å²) in [4.78, 5) is 4.17. The van der Waals surface area contributed by atoms with E-state index in [9.17, 15) is 0 Å². The van der Waals surface area contributed by atoms with E-state index in [1.54, 1.807) is 0 Å². The Hall–Kier alpha value is -1.29. The Morgan fingerprint density at radius 3 is 2.93 bits per heavy atom. The van der Waals surface area contributed by atoms with E-state index in [2.05, 4.69) is 15.6 Å². The highest BCUT2D eigenvalue weighted by Gasteiger charge is 2.15. The minimum Gasteiger partial charge on any atom is -0.478 e. The Labute approximate surface area is 83.7 Å². The van der Waals surface area contributed by atoms with Gasteiger partial charge >= 0.3 is 0 Å². The fraction of sp³-hybridized carbons (Fsp3) is 0.500. The maximum Gasteiger partial charge on any atom is 0.213 e. The van der Waals surface area contributed by atoms with Crippen LogP contribution >= 0.6 is 0 Å². The molecule has 1 fully saturated rings. The third kappa shape index (κ3) is 2.14. The molecule has 0 aromatic carbocycles. The molecule has 0 unspecified atom stereocenters. The topological polar surface area (TPSA) is 46.2 Å². The average Bonchev–Trinajstić information content (AvgIpc) is 2.14. The number of rotatable bonds is 4. The SMILES string of the molecule is CCOc1ccc(NC2CNC2)cn1. The van der Waals surface area contributed by atoms with Gasteiger partial charge in [-0.15, -0.1) is 0 Å². The van der Waals surface area contributed by atoms with Crippen molar-refractivity contribution < 1.29 is 4.74 Å². The minimum atomic E-state index is 0.551. The van der Waals surface area contributed by atoms with Crippen molar-refractivity contribution in [1.29, 1.82) is 0 Å². The number of nitrogens with one attached hydrogen (secondary N) is 2. The smallest absolute Gasteiger partial charge is 0.213 e. The van der Waals surface area contributed by atoms with E-state index in [1.165, 1.54) is 0 Å². The second-order valence-electron chi connectivity index (χ2n) is 3.32. The molecule has 0 spiro atoms. The normalized spacial score (nSPS) is 16.1. The summed E-state index contributed by atoms with van der Waals surface area (Å²) in [5, 5.41) is 6.57. The van der Waals surface area contributed by atoms with Crippen molar-refractivity contribution in [2.24, 2.45) is 0 Å². The molecule has 1 aliphatic rings. The molecule has 0 atom stereocenters. The van der Waals surface area contributed by atoms with E-state index in [-0.39, 0.29) is 0 Å². The summed E-state index contributed by atoms with van der Waals surface area (Å²) in [5.41, 5.74) is 1.06. The lowest BCUT2D eigenvalue weighted by Crippen LogP contribution is -2.51. The molecule has 0 aliphatic carbocycles. The van der Waals surface area contributed by atoms with Crippen LogP contribution in [0.5, 0.6) is 5.88 Å². The minimum absolute atomic E-state index is 0.551. The maximum absolute atomic E-state index is 5.25. The molecule has 14 heavy (non-hydrogen) atoms. The molecule has 0 bridgehead atoms. The van der Waals surface area contributed by atoms with Gasteiger partial charge in [0.15, 0.2) is 0 Å². The van der Waals surface area contributed by atoms with Gasteiger partial charge in [0, 0.05) is 19.2 Å². The highest BCUT2D eigenvalue weighted by Crippen LogP contribution is 2.13. The quantitative estimate of drug-likeness (QED) is 0.744. The zero-order valence-corrected chi connectivity index (χ0v) is 8.29. The van der Waals surface area contributed by atoms with Crippen LogP contribution in [0.15, 0.2) is 18.3 Å². The first-order valence-electron chi connectivity index (χ1n) is 4.94. The van der Waals surface area contributed by atoms with Crippen LogP contribution in [0.4, 0.5) is 5.69 Å². The first-order chi connectivity index (χ1) is 6.88. The fourth-order valence-corrected chi connectivity index (χ4v) is 1.33. The van der Waals surface area contributed by atoms with Gasteiger partial charge in [-0.05, 0) is 13.0 Å². The summed E-state index contributed by atoms with van der Waals surface area (Å²) >= 11 is 0.